The number of piperidine rings is 1. The molecule has 6 nitrogen and oxygen atoms in total. The summed E-state index contributed by atoms with van der Waals surface area (Å²) in [5.41, 5.74) is 3.16. The number of carbonyl (C=O) groups excluding carboxylic acids is 3. The van der Waals surface area contributed by atoms with Crippen molar-refractivity contribution in [3.05, 3.63) is 34.4 Å². The fraction of sp³-hybridized carbons (Fsp3) is 0.400. The minimum absolute atomic E-state index is 0.0551. The number of hydrogen-bond acceptors (Lipinski definition) is 4. The molecule has 0 radical (unpaired) electrons. The van der Waals surface area contributed by atoms with E-state index in [1.54, 1.807) is 0 Å². The third-order valence-corrected chi connectivity index (χ3v) is 4.61. The number of fused-ring (bicyclic) bond motifs is 3. The second kappa shape index (κ2) is 4.36. The van der Waals surface area contributed by atoms with E-state index in [1.165, 1.54) is 0 Å². The Labute approximate surface area is 125 Å². The molecular weight excluding hydrogens is 289 g/mol. The number of alkyl halides is 1. The van der Waals surface area contributed by atoms with Crippen LogP contribution in [0.5, 0.6) is 0 Å². The summed E-state index contributed by atoms with van der Waals surface area (Å²) >= 11 is 0. The van der Waals surface area contributed by atoms with Crippen LogP contribution in [0.4, 0.5) is 4.39 Å². The number of halogens is 1. The number of hydrogen-bond donors (Lipinski definition) is 2. The molecule has 3 aliphatic rings. The predicted octanol–water partition coefficient (Wildman–Crippen LogP) is 0.348. The molecule has 3 amide bonds. The highest BCUT2D eigenvalue weighted by Gasteiger charge is 2.53. The summed E-state index contributed by atoms with van der Waals surface area (Å²) in [7, 11) is 0. The number of benzene rings is 1. The lowest BCUT2D eigenvalue weighted by Crippen LogP contribution is -2.60. The van der Waals surface area contributed by atoms with Crippen molar-refractivity contribution in [1.82, 2.24) is 15.5 Å². The van der Waals surface area contributed by atoms with E-state index in [0.717, 1.165) is 21.6 Å². The number of carbonyl (C=O) groups is 3. The molecule has 0 saturated carbocycles. The van der Waals surface area contributed by atoms with Crippen LogP contribution < -0.4 is 10.6 Å². The predicted molar refractivity (Wildman–Crippen MR) is 73.1 cm³/mol. The highest BCUT2D eigenvalue weighted by molar-refractivity contribution is 6.07. The molecule has 0 bridgehead atoms. The van der Waals surface area contributed by atoms with Gasteiger partial charge in [-0.15, -0.1) is 0 Å². The SMILES string of the molecule is O=C1CCC(F)(N2Cc3ccc4c(c3C2=O)CNC4)C(=O)N1. The van der Waals surface area contributed by atoms with Crippen LogP contribution in [0.3, 0.4) is 0 Å². The van der Waals surface area contributed by atoms with Gasteiger partial charge in [0, 0.05) is 31.5 Å². The Morgan fingerprint density at radius 1 is 1.14 bits per heavy atom. The average molecular weight is 303 g/mol. The Morgan fingerprint density at radius 2 is 1.91 bits per heavy atom. The van der Waals surface area contributed by atoms with E-state index >= 15 is 4.39 Å². The normalized spacial score (nSPS) is 27.0. The van der Waals surface area contributed by atoms with Crippen LogP contribution in [0.1, 0.15) is 39.9 Å². The maximum absolute atomic E-state index is 15.1. The second-order valence-electron chi connectivity index (χ2n) is 5.87. The number of rotatable bonds is 1. The molecule has 114 valence electrons. The summed E-state index contributed by atoms with van der Waals surface area (Å²) in [4.78, 5) is 36.8. The van der Waals surface area contributed by atoms with Crippen LogP contribution in [-0.4, -0.2) is 28.4 Å². The van der Waals surface area contributed by atoms with Gasteiger partial charge in [-0.3, -0.25) is 24.6 Å². The van der Waals surface area contributed by atoms with Gasteiger partial charge in [-0.25, -0.2) is 4.39 Å². The van der Waals surface area contributed by atoms with Gasteiger partial charge in [-0.05, 0) is 16.7 Å². The molecule has 1 unspecified atom stereocenters. The van der Waals surface area contributed by atoms with Gasteiger partial charge in [0.25, 0.3) is 17.6 Å². The van der Waals surface area contributed by atoms with Crippen molar-refractivity contribution in [3.63, 3.8) is 0 Å². The van der Waals surface area contributed by atoms with Crippen LogP contribution in [0.2, 0.25) is 0 Å². The lowest BCUT2D eigenvalue weighted by molar-refractivity contribution is -0.154. The Morgan fingerprint density at radius 3 is 2.68 bits per heavy atom. The molecule has 0 spiro atoms. The average Bonchev–Trinajstić information content (AvgIpc) is 3.07. The lowest BCUT2D eigenvalue weighted by Gasteiger charge is -2.35. The third-order valence-electron chi connectivity index (χ3n) is 4.61. The first-order valence-electron chi connectivity index (χ1n) is 7.20. The molecule has 3 aliphatic heterocycles. The summed E-state index contributed by atoms with van der Waals surface area (Å²) in [6.45, 7) is 1.31. The monoisotopic (exact) mass is 303 g/mol. The van der Waals surface area contributed by atoms with Crippen LogP contribution >= 0.6 is 0 Å². The molecular formula is C15H14FN3O3. The maximum atomic E-state index is 15.1. The van der Waals surface area contributed by atoms with Gasteiger partial charge in [0.15, 0.2) is 0 Å². The zero-order valence-corrected chi connectivity index (χ0v) is 11.7. The molecule has 4 rings (SSSR count). The fourth-order valence-corrected chi connectivity index (χ4v) is 3.43. The minimum Gasteiger partial charge on any atom is -0.309 e. The topological polar surface area (TPSA) is 78.5 Å². The van der Waals surface area contributed by atoms with E-state index in [1.807, 2.05) is 17.4 Å². The Hall–Kier alpha value is -2.28. The molecule has 0 aliphatic carbocycles. The van der Waals surface area contributed by atoms with Gasteiger partial charge in [0.1, 0.15) is 0 Å². The first-order chi connectivity index (χ1) is 10.5. The van der Waals surface area contributed by atoms with Crippen LogP contribution in [0.15, 0.2) is 12.1 Å². The third kappa shape index (κ3) is 1.65. The van der Waals surface area contributed by atoms with Gasteiger partial charge >= 0.3 is 0 Å². The summed E-state index contributed by atoms with van der Waals surface area (Å²) in [5, 5.41) is 5.16. The summed E-state index contributed by atoms with van der Waals surface area (Å²) < 4.78 is 15.1. The molecule has 1 aromatic rings. The first-order valence-corrected chi connectivity index (χ1v) is 7.20. The summed E-state index contributed by atoms with van der Waals surface area (Å²) in [5.74, 6) is -4.47. The first kappa shape index (κ1) is 13.4. The molecule has 1 atom stereocenters. The molecule has 1 aromatic carbocycles. The van der Waals surface area contributed by atoms with Crippen molar-refractivity contribution >= 4 is 17.7 Å². The number of imide groups is 1. The molecule has 2 N–H and O–H groups in total. The summed E-state index contributed by atoms with van der Waals surface area (Å²) in [6.07, 6.45) is -0.403. The van der Waals surface area contributed by atoms with Crippen molar-refractivity contribution in [2.75, 3.05) is 0 Å². The van der Waals surface area contributed by atoms with E-state index < -0.39 is 23.5 Å². The van der Waals surface area contributed by atoms with Crippen LogP contribution in [-0.2, 0) is 29.2 Å². The standard InChI is InChI=1S/C15H14FN3O3/c16-15(4-3-11(20)18-14(15)22)19-7-9-2-1-8-5-17-6-10(8)12(9)13(19)21/h1-2,17H,3-7H2,(H,18,20,22). The van der Waals surface area contributed by atoms with Crippen molar-refractivity contribution < 1.29 is 18.8 Å². The van der Waals surface area contributed by atoms with E-state index in [2.05, 4.69) is 5.32 Å². The number of nitrogens with one attached hydrogen (secondary N) is 2. The van der Waals surface area contributed by atoms with Crippen molar-refractivity contribution in [3.8, 4) is 0 Å². The van der Waals surface area contributed by atoms with Gasteiger partial charge < -0.3 is 5.32 Å². The fourth-order valence-electron chi connectivity index (χ4n) is 3.43. The van der Waals surface area contributed by atoms with E-state index in [0.29, 0.717) is 18.7 Å². The van der Waals surface area contributed by atoms with E-state index in [9.17, 15) is 14.4 Å². The second-order valence-corrected chi connectivity index (χ2v) is 5.87. The maximum Gasteiger partial charge on any atom is 0.285 e. The largest absolute Gasteiger partial charge is 0.309 e. The zero-order valence-electron chi connectivity index (χ0n) is 11.7. The van der Waals surface area contributed by atoms with Crippen LogP contribution in [0, 0.1) is 0 Å². The molecule has 22 heavy (non-hydrogen) atoms. The van der Waals surface area contributed by atoms with Crippen molar-refractivity contribution in [2.24, 2.45) is 0 Å². The molecule has 0 aromatic heterocycles. The molecule has 3 heterocycles. The number of amides is 3. The lowest BCUT2D eigenvalue weighted by atomic mass is 9.99. The number of nitrogens with zero attached hydrogens (tertiary/aromatic N) is 1. The minimum atomic E-state index is -2.46. The van der Waals surface area contributed by atoms with E-state index in [-0.39, 0.29) is 19.4 Å². The zero-order chi connectivity index (χ0) is 15.5. The van der Waals surface area contributed by atoms with Gasteiger partial charge in [-0.2, -0.15) is 0 Å². The van der Waals surface area contributed by atoms with Gasteiger partial charge in [0.2, 0.25) is 5.91 Å². The van der Waals surface area contributed by atoms with Gasteiger partial charge in [-0.1, -0.05) is 12.1 Å². The van der Waals surface area contributed by atoms with E-state index in [4.69, 9.17) is 0 Å². The van der Waals surface area contributed by atoms with Crippen molar-refractivity contribution in [2.45, 2.75) is 38.3 Å². The summed E-state index contributed by atoms with van der Waals surface area (Å²) in [6, 6.07) is 3.74. The smallest absolute Gasteiger partial charge is 0.285 e. The highest BCUT2D eigenvalue weighted by atomic mass is 19.1. The van der Waals surface area contributed by atoms with Crippen molar-refractivity contribution in [1.29, 1.82) is 0 Å². The Bertz CT molecular complexity index is 733. The molecule has 7 heteroatoms. The highest BCUT2D eigenvalue weighted by Crippen LogP contribution is 2.38. The Balaban J connectivity index is 1.73. The molecule has 1 fully saturated rings. The molecule has 1 saturated heterocycles. The van der Waals surface area contributed by atoms with Crippen LogP contribution in [0.25, 0.3) is 0 Å². The van der Waals surface area contributed by atoms with Gasteiger partial charge in [0.05, 0.1) is 6.54 Å². The quantitative estimate of drug-likeness (QED) is 0.579. The Kier molecular flexibility index (Phi) is 2.65.